The highest BCUT2D eigenvalue weighted by Gasteiger charge is 2.37. The molecule has 0 atom stereocenters. The fourth-order valence-corrected chi connectivity index (χ4v) is 1.84. The zero-order chi connectivity index (χ0) is 13.5. The van der Waals surface area contributed by atoms with E-state index in [1.807, 2.05) is 20.8 Å². The normalized spacial score (nSPS) is 11.0. The van der Waals surface area contributed by atoms with Gasteiger partial charge >= 0.3 is 5.97 Å². The zero-order valence-corrected chi connectivity index (χ0v) is 11.0. The number of likely N-dealkylation sites (N-methyl/N-ethyl adjacent to an activating group) is 1. The lowest BCUT2D eigenvalue weighted by molar-refractivity contribution is -0.154. The summed E-state index contributed by atoms with van der Waals surface area (Å²) in [6, 6.07) is 0. The number of carbonyl (C=O) groups is 2. The molecule has 0 aromatic heterocycles. The van der Waals surface area contributed by atoms with Crippen molar-refractivity contribution in [3.63, 3.8) is 0 Å². The fourth-order valence-electron chi connectivity index (χ4n) is 1.84. The van der Waals surface area contributed by atoms with Crippen LogP contribution >= 0.6 is 0 Å². The molecule has 0 fully saturated rings. The van der Waals surface area contributed by atoms with Crippen LogP contribution in [0.15, 0.2) is 12.7 Å². The first kappa shape index (κ1) is 15.7. The Morgan fingerprint density at radius 2 is 1.82 bits per heavy atom. The Bertz CT molecular complexity index is 282. The van der Waals surface area contributed by atoms with Gasteiger partial charge in [-0.05, 0) is 19.8 Å². The number of carbonyl (C=O) groups excluding carboxylic acids is 1. The first-order valence-corrected chi connectivity index (χ1v) is 6.09. The van der Waals surface area contributed by atoms with Crippen LogP contribution in [0.25, 0.3) is 0 Å². The van der Waals surface area contributed by atoms with Gasteiger partial charge in [-0.3, -0.25) is 9.59 Å². The summed E-state index contributed by atoms with van der Waals surface area (Å²) in [5, 5.41) is 9.27. The van der Waals surface area contributed by atoms with Crippen molar-refractivity contribution in [3.8, 4) is 0 Å². The fraction of sp³-hybridized carbons (Fsp3) is 0.692. The Labute approximate surface area is 103 Å². The number of rotatable bonds is 8. The zero-order valence-electron chi connectivity index (χ0n) is 11.0. The molecule has 0 heterocycles. The van der Waals surface area contributed by atoms with Crippen LogP contribution in [0.3, 0.4) is 0 Å². The molecule has 0 rings (SSSR count). The number of nitrogens with zero attached hydrogens (tertiary/aromatic N) is 1. The average Bonchev–Trinajstić information content (AvgIpc) is 2.32. The van der Waals surface area contributed by atoms with Crippen LogP contribution in [0.1, 0.15) is 40.0 Å². The molecule has 0 aliphatic carbocycles. The molecule has 0 saturated carbocycles. The number of carboxylic acids is 1. The van der Waals surface area contributed by atoms with Crippen molar-refractivity contribution in [3.05, 3.63) is 12.7 Å². The summed E-state index contributed by atoms with van der Waals surface area (Å²) in [5.41, 5.74) is -0.925. The molecule has 0 radical (unpaired) electrons. The first-order chi connectivity index (χ1) is 7.97. The molecular formula is C13H23NO3. The third-order valence-electron chi connectivity index (χ3n) is 3.38. The lowest BCUT2D eigenvalue weighted by Crippen LogP contribution is -2.39. The van der Waals surface area contributed by atoms with Crippen molar-refractivity contribution >= 4 is 11.9 Å². The first-order valence-electron chi connectivity index (χ1n) is 6.09. The molecular weight excluding hydrogens is 218 g/mol. The van der Waals surface area contributed by atoms with Crippen molar-refractivity contribution in [2.75, 3.05) is 13.1 Å². The summed E-state index contributed by atoms with van der Waals surface area (Å²) in [4.78, 5) is 24.9. The second kappa shape index (κ2) is 7.09. The van der Waals surface area contributed by atoms with E-state index in [9.17, 15) is 14.7 Å². The second-order valence-corrected chi connectivity index (χ2v) is 4.19. The molecule has 0 aliphatic rings. The van der Waals surface area contributed by atoms with Gasteiger partial charge < -0.3 is 10.0 Å². The molecule has 0 spiro atoms. The number of carboxylic acid groups (broad SMARTS) is 1. The van der Waals surface area contributed by atoms with Gasteiger partial charge in [-0.1, -0.05) is 19.9 Å². The second-order valence-electron chi connectivity index (χ2n) is 4.19. The van der Waals surface area contributed by atoms with E-state index < -0.39 is 11.4 Å². The van der Waals surface area contributed by atoms with Crippen LogP contribution in [-0.2, 0) is 9.59 Å². The molecule has 98 valence electrons. The van der Waals surface area contributed by atoms with Gasteiger partial charge in [-0.2, -0.15) is 0 Å². The Balaban J connectivity index is 4.81. The van der Waals surface area contributed by atoms with Crippen molar-refractivity contribution in [1.82, 2.24) is 4.90 Å². The van der Waals surface area contributed by atoms with E-state index in [2.05, 4.69) is 6.58 Å². The molecule has 1 N–H and O–H groups in total. The van der Waals surface area contributed by atoms with Crippen molar-refractivity contribution in [1.29, 1.82) is 0 Å². The summed E-state index contributed by atoms with van der Waals surface area (Å²) in [6.45, 7) is 10.1. The van der Waals surface area contributed by atoms with E-state index in [0.717, 1.165) is 0 Å². The van der Waals surface area contributed by atoms with E-state index in [-0.39, 0.29) is 12.3 Å². The Morgan fingerprint density at radius 3 is 2.12 bits per heavy atom. The van der Waals surface area contributed by atoms with E-state index in [4.69, 9.17) is 0 Å². The van der Waals surface area contributed by atoms with Gasteiger partial charge in [-0.25, -0.2) is 0 Å². The van der Waals surface area contributed by atoms with Gasteiger partial charge in [0.1, 0.15) is 0 Å². The molecule has 17 heavy (non-hydrogen) atoms. The molecule has 1 amide bonds. The largest absolute Gasteiger partial charge is 0.481 e. The van der Waals surface area contributed by atoms with Crippen LogP contribution in [0, 0.1) is 5.41 Å². The van der Waals surface area contributed by atoms with E-state index >= 15 is 0 Å². The van der Waals surface area contributed by atoms with E-state index in [0.29, 0.717) is 25.9 Å². The molecule has 0 aromatic carbocycles. The lowest BCUT2D eigenvalue weighted by atomic mass is 9.79. The third kappa shape index (κ3) is 3.88. The number of aliphatic carboxylic acids is 1. The monoisotopic (exact) mass is 241 g/mol. The van der Waals surface area contributed by atoms with Crippen molar-refractivity contribution in [2.45, 2.75) is 40.0 Å². The topological polar surface area (TPSA) is 57.6 Å². The highest BCUT2D eigenvalue weighted by Crippen LogP contribution is 2.31. The Morgan fingerprint density at radius 1 is 1.29 bits per heavy atom. The summed E-state index contributed by atoms with van der Waals surface area (Å²) in [7, 11) is 0. The summed E-state index contributed by atoms with van der Waals surface area (Å²) in [6.07, 6.45) is 2.66. The molecule has 0 saturated heterocycles. The van der Waals surface area contributed by atoms with E-state index in [1.165, 1.54) is 0 Å². The maximum atomic E-state index is 12.0. The lowest BCUT2D eigenvalue weighted by Gasteiger charge is -2.29. The molecule has 4 nitrogen and oxygen atoms in total. The van der Waals surface area contributed by atoms with Crippen molar-refractivity contribution < 1.29 is 14.7 Å². The highest BCUT2D eigenvalue weighted by molar-refractivity contribution is 5.85. The van der Waals surface area contributed by atoms with Crippen LogP contribution in [0.2, 0.25) is 0 Å². The highest BCUT2D eigenvalue weighted by atomic mass is 16.4. The minimum Gasteiger partial charge on any atom is -0.481 e. The average molecular weight is 241 g/mol. The van der Waals surface area contributed by atoms with E-state index in [1.54, 1.807) is 11.0 Å². The smallest absolute Gasteiger partial charge is 0.310 e. The van der Waals surface area contributed by atoms with Gasteiger partial charge in [0.25, 0.3) is 0 Å². The quantitative estimate of drug-likeness (QED) is 0.663. The minimum absolute atomic E-state index is 0.0665. The van der Waals surface area contributed by atoms with Crippen LogP contribution in [-0.4, -0.2) is 35.0 Å². The summed E-state index contributed by atoms with van der Waals surface area (Å²) in [5.74, 6) is -0.996. The maximum Gasteiger partial charge on any atom is 0.310 e. The SMILES string of the molecule is C=CCN(CC)C(=O)CC(CC)(CC)C(=O)O. The summed E-state index contributed by atoms with van der Waals surface area (Å²) < 4.78 is 0. The summed E-state index contributed by atoms with van der Waals surface area (Å²) >= 11 is 0. The molecule has 4 heteroatoms. The molecule has 0 aromatic rings. The Kier molecular flexibility index (Phi) is 6.54. The third-order valence-corrected chi connectivity index (χ3v) is 3.38. The maximum absolute atomic E-state index is 12.0. The molecule has 0 aliphatic heterocycles. The molecule has 0 bridgehead atoms. The number of hydrogen-bond donors (Lipinski definition) is 1. The predicted octanol–water partition coefficient (Wildman–Crippen LogP) is 2.30. The number of amides is 1. The van der Waals surface area contributed by atoms with Crippen LogP contribution < -0.4 is 0 Å². The molecule has 0 unspecified atom stereocenters. The van der Waals surface area contributed by atoms with Crippen molar-refractivity contribution in [2.24, 2.45) is 5.41 Å². The van der Waals surface area contributed by atoms with Gasteiger partial charge in [0.2, 0.25) is 5.91 Å². The minimum atomic E-state index is -0.925. The van der Waals surface area contributed by atoms with Gasteiger partial charge in [0.15, 0.2) is 0 Å². The number of hydrogen-bond acceptors (Lipinski definition) is 2. The predicted molar refractivity (Wildman–Crippen MR) is 67.7 cm³/mol. The standard InChI is InChI=1S/C13H23NO3/c1-5-9-14(8-4)11(15)10-13(6-2,7-3)12(16)17/h5H,1,6-10H2,2-4H3,(H,16,17). The van der Waals surface area contributed by atoms with Gasteiger partial charge in [0, 0.05) is 19.5 Å². The van der Waals surface area contributed by atoms with Gasteiger partial charge in [0.05, 0.1) is 5.41 Å². The Hall–Kier alpha value is -1.32. The van der Waals surface area contributed by atoms with Gasteiger partial charge in [-0.15, -0.1) is 6.58 Å². The van der Waals surface area contributed by atoms with Crippen LogP contribution in [0.5, 0.6) is 0 Å². The van der Waals surface area contributed by atoms with Crippen LogP contribution in [0.4, 0.5) is 0 Å².